The molecule has 5 rings (SSSR count). The van der Waals surface area contributed by atoms with Crippen LogP contribution in [0.2, 0.25) is 0 Å². The van der Waals surface area contributed by atoms with Crippen LogP contribution in [0.4, 0.5) is 10.1 Å². The summed E-state index contributed by atoms with van der Waals surface area (Å²) in [5.74, 6) is 2.23. The molecule has 2 aromatic rings. The van der Waals surface area contributed by atoms with E-state index in [1.54, 1.807) is 20.3 Å². The second-order valence-corrected chi connectivity index (χ2v) is 8.80. The highest BCUT2D eigenvalue weighted by Gasteiger charge is 2.42. The largest absolute Gasteiger partial charge is 0.497 e. The number of benzene rings is 2. The van der Waals surface area contributed by atoms with Crippen LogP contribution in [0.3, 0.4) is 0 Å². The van der Waals surface area contributed by atoms with E-state index in [0.29, 0.717) is 29.0 Å². The Morgan fingerprint density at radius 1 is 1.18 bits per heavy atom. The molecule has 0 radical (unpaired) electrons. The fourth-order valence-electron chi connectivity index (χ4n) is 4.99. The zero-order valence-corrected chi connectivity index (χ0v) is 17.1. The molecular weight excluding hydrogens is 375 g/mol. The molecule has 28 heavy (non-hydrogen) atoms. The number of methoxy groups -OCH3 is 2. The number of anilines is 1. The molecular formula is C22H25FN2O2S. The highest BCUT2D eigenvalue weighted by molar-refractivity contribution is 7.99. The molecule has 0 bridgehead atoms. The van der Waals surface area contributed by atoms with Crippen LogP contribution in [0, 0.1) is 5.82 Å². The second kappa shape index (κ2) is 7.16. The Labute approximate surface area is 169 Å². The monoisotopic (exact) mass is 400 g/mol. The summed E-state index contributed by atoms with van der Waals surface area (Å²) in [5, 5.41) is 3.56. The standard InChI is InChI=1S/C22H25FN2O2S/c1-26-14-10-17(23)21(19(11-14)27-2)13-8-15-16-12-24-5-4-18(16)25-6-3-7-28-20(9-13)22(15)25/h8-11,16,18,24H,3-7,12H2,1-2H3/t16-,18-/m0/s1. The van der Waals surface area contributed by atoms with E-state index in [1.807, 2.05) is 11.8 Å². The van der Waals surface area contributed by atoms with Crippen LogP contribution in [-0.4, -0.2) is 45.6 Å². The number of piperidine rings is 1. The first-order valence-electron chi connectivity index (χ1n) is 9.91. The maximum absolute atomic E-state index is 15.1. The number of hydrogen-bond donors (Lipinski definition) is 1. The normalized spacial score (nSPS) is 23.0. The third kappa shape index (κ3) is 2.77. The number of hydrogen-bond acceptors (Lipinski definition) is 5. The van der Waals surface area contributed by atoms with E-state index in [-0.39, 0.29) is 5.82 Å². The number of halogens is 1. The number of ether oxygens (including phenoxy) is 2. The molecule has 3 aliphatic rings. The molecule has 148 valence electrons. The van der Waals surface area contributed by atoms with E-state index in [4.69, 9.17) is 9.47 Å². The van der Waals surface area contributed by atoms with Crippen LogP contribution in [0.15, 0.2) is 29.2 Å². The Bertz CT molecular complexity index is 920. The Morgan fingerprint density at radius 3 is 2.89 bits per heavy atom. The van der Waals surface area contributed by atoms with Gasteiger partial charge in [0.05, 0.1) is 25.5 Å². The van der Waals surface area contributed by atoms with Gasteiger partial charge in [0.2, 0.25) is 0 Å². The van der Waals surface area contributed by atoms with Crippen molar-refractivity contribution in [1.82, 2.24) is 5.32 Å². The Balaban J connectivity index is 1.70. The first kappa shape index (κ1) is 18.1. The van der Waals surface area contributed by atoms with Crippen LogP contribution < -0.4 is 19.7 Å². The van der Waals surface area contributed by atoms with Crippen LogP contribution >= 0.6 is 11.8 Å². The molecule has 0 unspecified atom stereocenters. The molecule has 0 spiro atoms. The molecule has 1 N–H and O–H groups in total. The lowest BCUT2D eigenvalue weighted by Gasteiger charge is -2.33. The van der Waals surface area contributed by atoms with Gasteiger partial charge in [-0.2, -0.15) is 0 Å². The predicted octanol–water partition coefficient (Wildman–Crippen LogP) is 4.27. The van der Waals surface area contributed by atoms with Crippen LogP contribution in [0.1, 0.15) is 24.3 Å². The Morgan fingerprint density at radius 2 is 2.07 bits per heavy atom. The van der Waals surface area contributed by atoms with Crippen molar-refractivity contribution in [3.05, 3.63) is 35.6 Å². The zero-order chi connectivity index (χ0) is 19.3. The summed E-state index contributed by atoms with van der Waals surface area (Å²) < 4.78 is 25.8. The predicted molar refractivity (Wildman–Crippen MR) is 112 cm³/mol. The minimum atomic E-state index is -0.310. The smallest absolute Gasteiger partial charge is 0.138 e. The summed E-state index contributed by atoms with van der Waals surface area (Å²) in [4.78, 5) is 3.90. The molecule has 1 fully saturated rings. The van der Waals surface area contributed by atoms with Crippen molar-refractivity contribution in [2.24, 2.45) is 0 Å². The van der Waals surface area contributed by atoms with Crippen molar-refractivity contribution in [3.8, 4) is 22.6 Å². The number of nitrogens with one attached hydrogen (secondary N) is 1. The molecule has 4 nitrogen and oxygen atoms in total. The summed E-state index contributed by atoms with van der Waals surface area (Å²) in [6.45, 7) is 3.18. The second-order valence-electron chi connectivity index (χ2n) is 7.66. The molecule has 0 aliphatic carbocycles. The van der Waals surface area contributed by atoms with E-state index < -0.39 is 0 Å². The fourth-order valence-corrected chi connectivity index (χ4v) is 6.06. The van der Waals surface area contributed by atoms with Gasteiger partial charge in [0.25, 0.3) is 0 Å². The number of fused-ring (bicyclic) bond motifs is 3. The third-order valence-electron chi connectivity index (χ3n) is 6.21. The minimum absolute atomic E-state index is 0.310. The first-order chi connectivity index (χ1) is 13.7. The molecule has 1 saturated heterocycles. The van der Waals surface area contributed by atoms with E-state index in [2.05, 4.69) is 22.3 Å². The third-order valence-corrected chi connectivity index (χ3v) is 7.32. The van der Waals surface area contributed by atoms with E-state index >= 15 is 4.39 Å². The van der Waals surface area contributed by atoms with Gasteiger partial charge in [-0.1, -0.05) is 0 Å². The molecule has 3 aliphatic heterocycles. The SMILES string of the molecule is COc1cc(F)c(-c2cc3c4c(c2)[C@@H]2CNCC[C@@H]2N4CCCS3)c(OC)c1. The van der Waals surface area contributed by atoms with Gasteiger partial charge in [-0.15, -0.1) is 11.8 Å². The molecule has 0 amide bonds. The van der Waals surface area contributed by atoms with Crippen molar-refractivity contribution in [2.75, 3.05) is 44.5 Å². The maximum Gasteiger partial charge on any atom is 0.138 e. The lowest BCUT2D eigenvalue weighted by atomic mass is 9.88. The van der Waals surface area contributed by atoms with Crippen molar-refractivity contribution < 1.29 is 13.9 Å². The van der Waals surface area contributed by atoms with Crippen LogP contribution in [-0.2, 0) is 0 Å². The first-order valence-corrected chi connectivity index (χ1v) is 10.9. The lowest BCUT2D eigenvalue weighted by Crippen LogP contribution is -2.44. The highest BCUT2D eigenvalue weighted by Crippen LogP contribution is 2.52. The van der Waals surface area contributed by atoms with Gasteiger partial charge in [0, 0.05) is 42.1 Å². The highest BCUT2D eigenvalue weighted by atomic mass is 32.2. The fraction of sp³-hybridized carbons (Fsp3) is 0.455. The van der Waals surface area contributed by atoms with Crippen molar-refractivity contribution >= 4 is 17.4 Å². The van der Waals surface area contributed by atoms with Gasteiger partial charge < -0.3 is 19.7 Å². The molecule has 2 aromatic carbocycles. The van der Waals surface area contributed by atoms with Crippen LogP contribution in [0.5, 0.6) is 11.5 Å². The average molecular weight is 401 g/mol. The van der Waals surface area contributed by atoms with Gasteiger partial charge in [0.15, 0.2) is 0 Å². The Hall–Kier alpha value is -1.92. The zero-order valence-electron chi connectivity index (χ0n) is 16.3. The molecule has 0 saturated carbocycles. The van der Waals surface area contributed by atoms with Gasteiger partial charge in [-0.05, 0) is 48.4 Å². The van der Waals surface area contributed by atoms with Crippen molar-refractivity contribution in [3.63, 3.8) is 0 Å². The quantitative estimate of drug-likeness (QED) is 0.832. The van der Waals surface area contributed by atoms with Gasteiger partial charge in [-0.3, -0.25) is 0 Å². The van der Waals surface area contributed by atoms with Gasteiger partial charge in [0.1, 0.15) is 17.3 Å². The molecule has 6 heteroatoms. The van der Waals surface area contributed by atoms with E-state index in [0.717, 1.165) is 31.0 Å². The molecule has 3 heterocycles. The summed E-state index contributed by atoms with van der Waals surface area (Å²) in [5.41, 5.74) is 4.16. The number of rotatable bonds is 3. The van der Waals surface area contributed by atoms with Gasteiger partial charge in [-0.25, -0.2) is 4.39 Å². The molecule has 2 atom stereocenters. The van der Waals surface area contributed by atoms with Crippen molar-refractivity contribution in [2.45, 2.75) is 29.7 Å². The summed E-state index contributed by atoms with van der Waals surface area (Å²) in [6.07, 6.45) is 2.35. The summed E-state index contributed by atoms with van der Waals surface area (Å²) in [6, 6.07) is 8.11. The molecule has 0 aromatic heterocycles. The topological polar surface area (TPSA) is 33.7 Å². The minimum Gasteiger partial charge on any atom is -0.497 e. The van der Waals surface area contributed by atoms with E-state index in [1.165, 1.54) is 35.1 Å². The van der Waals surface area contributed by atoms with Crippen molar-refractivity contribution in [1.29, 1.82) is 0 Å². The summed E-state index contributed by atoms with van der Waals surface area (Å²) >= 11 is 1.90. The number of nitrogens with zero attached hydrogens (tertiary/aromatic N) is 1. The maximum atomic E-state index is 15.1. The Kier molecular flexibility index (Phi) is 4.63. The van der Waals surface area contributed by atoms with Crippen LogP contribution in [0.25, 0.3) is 11.1 Å². The number of thioether (sulfide) groups is 1. The lowest BCUT2D eigenvalue weighted by molar-refractivity contribution is 0.390. The summed E-state index contributed by atoms with van der Waals surface area (Å²) in [7, 11) is 3.12. The van der Waals surface area contributed by atoms with E-state index in [9.17, 15) is 0 Å². The average Bonchev–Trinajstić information content (AvgIpc) is 2.88. The van der Waals surface area contributed by atoms with Gasteiger partial charge >= 0.3 is 0 Å².